The van der Waals surface area contributed by atoms with E-state index < -0.39 is 0 Å². The van der Waals surface area contributed by atoms with E-state index in [1.54, 1.807) is 16.5 Å². The van der Waals surface area contributed by atoms with Gasteiger partial charge in [-0.3, -0.25) is 14.2 Å². The van der Waals surface area contributed by atoms with Crippen LogP contribution in [-0.4, -0.2) is 52.6 Å². The molecule has 2 fully saturated rings. The molecule has 36 heavy (non-hydrogen) atoms. The second-order valence-corrected chi connectivity index (χ2v) is 10.2. The highest BCUT2D eigenvalue weighted by molar-refractivity contribution is 6.30. The number of hydrogen-bond acceptors (Lipinski definition) is 4. The summed E-state index contributed by atoms with van der Waals surface area (Å²) in [6, 6.07) is 9.11. The van der Waals surface area contributed by atoms with Gasteiger partial charge >= 0.3 is 0 Å². The van der Waals surface area contributed by atoms with Crippen molar-refractivity contribution in [3.05, 3.63) is 58.1 Å². The first-order valence-electron chi connectivity index (χ1n) is 12.7. The maximum atomic E-state index is 13.5. The van der Waals surface area contributed by atoms with Gasteiger partial charge in [-0.2, -0.15) is 0 Å². The first kappa shape index (κ1) is 26.6. The summed E-state index contributed by atoms with van der Waals surface area (Å²) in [7, 11) is 0. The Morgan fingerprint density at radius 2 is 1.92 bits per heavy atom. The third kappa shape index (κ3) is 6.64. The number of ether oxygens (including phenoxy) is 1. The van der Waals surface area contributed by atoms with Crippen LogP contribution in [-0.2, 0) is 11.3 Å². The molecular weight excluding hydrogens is 499 g/mol. The van der Waals surface area contributed by atoms with Crippen LogP contribution in [0.3, 0.4) is 0 Å². The van der Waals surface area contributed by atoms with Gasteiger partial charge in [0.05, 0.1) is 18.5 Å². The number of amides is 1. The van der Waals surface area contributed by atoms with Crippen molar-refractivity contribution < 1.29 is 9.53 Å². The van der Waals surface area contributed by atoms with Gasteiger partial charge in [-0.05, 0) is 63.2 Å². The molecule has 7 nitrogen and oxygen atoms in total. The van der Waals surface area contributed by atoms with Gasteiger partial charge < -0.3 is 19.4 Å². The van der Waals surface area contributed by atoms with E-state index in [1.165, 1.54) is 36.9 Å². The second kappa shape index (κ2) is 12.2. The van der Waals surface area contributed by atoms with Crippen LogP contribution in [0.25, 0.3) is 16.8 Å². The molecule has 1 saturated heterocycles. The molecule has 1 aromatic carbocycles. The van der Waals surface area contributed by atoms with Crippen molar-refractivity contribution in [2.24, 2.45) is 5.92 Å². The number of likely N-dealkylation sites (tertiary alicyclic amines) is 1. The molecule has 1 saturated carbocycles. The van der Waals surface area contributed by atoms with Gasteiger partial charge in [-0.15, -0.1) is 12.4 Å². The van der Waals surface area contributed by atoms with E-state index in [4.69, 9.17) is 16.3 Å². The van der Waals surface area contributed by atoms with Crippen molar-refractivity contribution in [1.29, 1.82) is 0 Å². The predicted molar refractivity (Wildman–Crippen MR) is 145 cm³/mol. The Hall–Kier alpha value is -2.48. The Morgan fingerprint density at radius 3 is 2.67 bits per heavy atom. The minimum absolute atomic E-state index is 0. The van der Waals surface area contributed by atoms with Crippen LogP contribution in [0.4, 0.5) is 0 Å². The van der Waals surface area contributed by atoms with Crippen LogP contribution in [0.5, 0.6) is 5.75 Å². The molecule has 5 rings (SSSR count). The number of carbonyl (C=O) groups excluding carboxylic acids is 1. The van der Waals surface area contributed by atoms with Crippen molar-refractivity contribution in [3.8, 4) is 17.0 Å². The zero-order chi connectivity index (χ0) is 24.2. The molecule has 194 valence electrons. The first-order valence-corrected chi connectivity index (χ1v) is 13.1. The Labute approximate surface area is 222 Å². The normalized spacial score (nSPS) is 16.0. The minimum atomic E-state index is -0.229. The highest BCUT2D eigenvalue weighted by Gasteiger charge is 2.22. The summed E-state index contributed by atoms with van der Waals surface area (Å²) in [4.78, 5) is 28.7. The summed E-state index contributed by atoms with van der Waals surface area (Å²) in [6.45, 7) is 4.62. The standard InChI is InChI=1S/C27H33ClN4O3.ClH/c28-22-7-4-6-21(14-22)25-18-31-17-23(35-13-5-12-30-10-2-1-3-11-30)15-24(31)27(34)32(25)19-26(33)29-16-20-8-9-20;/h4,6-7,14-15,17-18,20H,1-3,5,8-13,16,19H2,(H,29,33);1H. The quantitative estimate of drug-likeness (QED) is 0.386. The summed E-state index contributed by atoms with van der Waals surface area (Å²) in [5.74, 6) is 1.08. The van der Waals surface area contributed by atoms with E-state index in [0.29, 0.717) is 41.1 Å². The average Bonchev–Trinajstić information content (AvgIpc) is 3.60. The molecule has 2 aliphatic rings. The predicted octanol–water partition coefficient (Wildman–Crippen LogP) is 4.62. The smallest absolute Gasteiger partial charge is 0.275 e. The van der Waals surface area contributed by atoms with Crippen molar-refractivity contribution in [1.82, 2.24) is 19.2 Å². The number of nitrogens with one attached hydrogen (secondary N) is 1. The van der Waals surface area contributed by atoms with Crippen LogP contribution in [0, 0.1) is 5.92 Å². The fourth-order valence-electron chi connectivity index (χ4n) is 4.74. The zero-order valence-corrected chi connectivity index (χ0v) is 22.0. The maximum absolute atomic E-state index is 13.5. The Bertz CT molecular complexity index is 1250. The third-order valence-corrected chi connectivity index (χ3v) is 7.12. The van der Waals surface area contributed by atoms with Crippen molar-refractivity contribution in [2.45, 2.75) is 45.1 Å². The lowest BCUT2D eigenvalue weighted by Crippen LogP contribution is -2.34. The van der Waals surface area contributed by atoms with Gasteiger partial charge in [-0.1, -0.05) is 30.2 Å². The number of halogens is 2. The topological polar surface area (TPSA) is 68.0 Å². The van der Waals surface area contributed by atoms with E-state index in [9.17, 15) is 9.59 Å². The summed E-state index contributed by atoms with van der Waals surface area (Å²) in [6.07, 6.45) is 10.9. The average molecular weight is 534 g/mol. The van der Waals surface area contributed by atoms with Crippen molar-refractivity contribution >= 4 is 35.4 Å². The van der Waals surface area contributed by atoms with Crippen LogP contribution in [0.2, 0.25) is 5.02 Å². The molecule has 0 atom stereocenters. The molecule has 9 heteroatoms. The summed E-state index contributed by atoms with van der Waals surface area (Å²) in [5, 5.41) is 3.54. The molecule has 3 aromatic rings. The lowest BCUT2D eigenvalue weighted by atomic mass is 10.1. The monoisotopic (exact) mass is 532 g/mol. The maximum Gasteiger partial charge on any atom is 0.275 e. The summed E-state index contributed by atoms with van der Waals surface area (Å²) >= 11 is 6.24. The van der Waals surface area contributed by atoms with Crippen LogP contribution in [0.1, 0.15) is 38.5 Å². The fraction of sp³-hybridized carbons (Fsp3) is 0.481. The largest absolute Gasteiger partial charge is 0.492 e. The van der Waals surface area contributed by atoms with Crippen LogP contribution >= 0.6 is 24.0 Å². The molecule has 1 aliphatic carbocycles. The minimum Gasteiger partial charge on any atom is -0.492 e. The summed E-state index contributed by atoms with van der Waals surface area (Å²) in [5.41, 5.74) is 1.67. The van der Waals surface area contributed by atoms with Gasteiger partial charge in [0.2, 0.25) is 5.91 Å². The number of piperidine rings is 1. The van der Waals surface area contributed by atoms with Gasteiger partial charge in [0.1, 0.15) is 17.8 Å². The highest BCUT2D eigenvalue weighted by atomic mass is 35.5. The number of nitrogens with zero attached hydrogens (tertiary/aromatic N) is 3. The molecule has 1 aliphatic heterocycles. The van der Waals surface area contributed by atoms with Gasteiger partial charge in [0, 0.05) is 35.9 Å². The molecule has 0 bridgehead atoms. The number of carbonyl (C=O) groups is 1. The summed E-state index contributed by atoms with van der Waals surface area (Å²) < 4.78 is 9.32. The van der Waals surface area contributed by atoms with E-state index in [-0.39, 0.29) is 30.4 Å². The van der Waals surface area contributed by atoms with Gasteiger partial charge in [0.15, 0.2) is 0 Å². The number of hydrogen-bond donors (Lipinski definition) is 1. The Morgan fingerprint density at radius 1 is 1.11 bits per heavy atom. The second-order valence-electron chi connectivity index (χ2n) is 9.74. The SMILES string of the molecule is Cl.O=C(Cn1c(-c2cccc(Cl)c2)cn2cc(OCCCN3CCCCC3)cc2c1=O)NCC1CC1. The fourth-order valence-corrected chi connectivity index (χ4v) is 4.93. The highest BCUT2D eigenvalue weighted by Crippen LogP contribution is 2.28. The number of fused-ring (bicyclic) bond motifs is 1. The van der Waals surface area contributed by atoms with Crippen LogP contribution < -0.4 is 15.6 Å². The zero-order valence-electron chi connectivity index (χ0n) is 20.5. The third-order valence-electron chi connectivity index (χ3n) is 6.88. The number of aromatic nitrogens is 2. The van der Waals surface area contributed by atoms with Crippen molar-refractivity contribution in [2.75, 3.05) is 32.8 Å². The number of benzene rings is 1. The Kier molecular flexibility index (Phi) is 8.99. The molecule has 0 unspecified atom stereocenters. The van der Waals surface area contributed by atoms with E-state index >= 15 is 0 Å². The molecule has 0 radical (unpaired) electrons. The molecule has 3 heterocycles. The van der Waals surface area contributed by atoms with Gasteiger partial charge in [0.25, 0.3) is 5.56 Å². The lowest BCUT2D eigenvalue weighted by molar-refractivity contribution is -0.121. The Balaban J connectivity index is 0.00000304. The lowest BCUT2D eigenvalue weighted by Gasteiger charge is -2.26. The first-order chi connectivity index (χ1) is 17.1. The molecular formula is C27H34Cl2N4O3. The van der Waals surface area contributed by atoms with E-state index in [2.05, 4.69) is 10.2 Å². The molecule has 0 spiro atoms. The van der Waals surface area contributed by atoms with Crippen molar-refractivity contribution in [3.63, 3.8) is 0 Å². The van der Waals surface area contributed by atoms with Crippen LogP contribution in [0.15, 0.2) is 47.5 Å². The molecule has 1 N–H and O–H groups in total. The molecule has 2 aromatic heterocycles. The van der Waals surface area contributed by atoms with Gasteiger partial charge in [-0.25, -0.2) is 0 Å². The van der Waals surface area contributed by atoms with E-state index in [0.717, 1.165) is 31.4 Å². The molecule has 1 amide bonds. The number of rotatable bonds is 10. The van der Waals surface area contributed by atoms with E-state index in [1.807, 2.05) is 30.6 Å².